The van der Waals surface area contributed by atoms with E-state index in [9.17, 15) is 34.5 Å². The number of rotatable bonds is 53. The Kier molecular flexibility index (Phi) is 51.3. The van der Waals surface area contributed by atoms with Crippen LogP contribution in [0.4, 0.5) is 0 Å². The van der Waals surface area contributed by atoms with Crippen LogP contribution in [-0.2, 0) is 42.9 Å². The SMILES string of the molecule is CC/C=C\C/C=C\C/C=C\C/C=C\C/C=C\CCCC(=O)OCC(COC1OC(C(=O)O)C(O)C(O)C1OC(=O)CCCCCCCCCCC/C=C\C/C=C\CCCCC)OC(=O)CCCCCCC/C=C\C/C=C\CCCCC. The van der Waals surface area contributed by atoms with E-state index in [4.69, 9.17) is 23.7 Å². The van der Waals surface area contributed by atoms with E-state index in [0.717, 1.165) is 116 Å². The van der Waals surface area contributed by atoms with Gasteiger partial charge in [0.2, 0.25) is 0 Å². The maximum Gasteiger partial charge on any atom is 0.335 e. The van der Waals surface area contributed by atoms with Crippen LogP contribution in [0, 0.1) is 0 Å². The van der Waals surface area contributed by atoms with Crippen molar-refractivity contribution in [2.75, 3.05) is 13.2 Å². The minimum atomic E-state index is -1.92. The normalized spacial score (nSPS) is 18.5. The number of hydrogen-bond acceptors (Lipinski definition) is 11. The first-order chi connectivity index (χ1) is 39.6. The van der Waals surface area contributed by atoms with Crippen molar-refractivity contribution in [1.82, 2.24) is 0 Å². The third-order valence-corrected chi connectivity index (χ3v) is 13.8. The molecule has 0 radical (unpaired) electrons. The highest BCUT2D eigenvalue weighted by molar-refractivity contribution is 5.74. The van der Waals surface area contributed by atoms with Crippen LogP contribution < -0.4 is 0 Å². The Labute approximate surface area is 491 Å². The maximum atomic E-state index is 13.2. The van der Waals surface area contributed by atoms with Gasteiger partial charge in [-0.2, -0.15) is 0 Å². The van der Waals surface area contributed by atoms with Crippen molar-refractivity contribution in [3.63, 3.8) is 0 Å². The van der Waals surface area contributed by atoms with Gasteiger partial charge in [0.15, 0.2) is 24.6 Å². The average Bonchev–Trinajstić information content (AvgIpc) is 3.53. The van der Waals surface area contributed by atoms with Crippen LogP contribution in [0.3, 0.4) is 0 Å². The fourth-order valence-corrected chi connectivity index (χ4v) is 8.93. The number of carboxylic acids is 1. The van der Waals surface area contributed by atoms with Gasteiger partial charge >= 0.3 is 23.9 Å². The van der Waals surface area contributed by atoms with Crippen LogP contribution in [0.15, 0.2) is 109 Å². The number of allylic oxidation sites excluding steroid dienone is 18. The number of ether oxygens (including phenoxy) is 5. The van der Waals surface area contributed by atoms with Crippen molar-refractivity contribution in [2.24, 2.45) is 0 Å². The van der Waals surface area contributed by atoms with Gasteiger partial charge in [-0.15, -0.1) is 0 Å². The second-order valence-corrected chi connectivity index (χ2v) is 21.3. The molecule has 0 aromatic carbocycles. The monoisotopic (exact) mass is 1130 g/mol. The molecule has 6 unspecified atom stereocenters. The number of esters is 3. The zero-order chi connectivity index (χ0) is 58.9. The molecule has 1 saturated heterocycles. The number of carbonyl (C=O) groups excluding carboxylic acids is 3. The van der Waals surface area contributed by atoms with E-state index in [-0.39, 0.29) is 25.9 Å². The summed E-state index contributed by atoms with van der Waals surface area (Å²) >= 11 is 0. The molecule has 1 fully saturated rings. The van der Waals surface area contributed by atoms with E-state index >= 15 is 0 Å². The third-order valence-electron chi connectivity index (χ3n) is 13.8. The minimum absolute atomic E-state index is 0.0437. The first-order valence-corrected chi connectivity index (χ1v) is 31.9. The molecule has 0 aliphatic carbocycles. The van der Waals surface area contributed by atoms with E-state index in [1.54, 1.807) is 0 Å². The van der Waals surface area contributed by atoms with Crippen molar-refractivity contribution < 1.29 is 58.2 Å². The quantitative estimate of drug-likeness (QED) is 0.0228. The molecule has 460 valence electrons. The molecule has 12 nitrogen and oxygen atoms in total. The third kappa shape index (κ3) is 45.6. The standard InChI is InChI=1S/C69H112O12/c1-4-7-10-13-16-19-22-25-28-30-31-33-36-39-42-45-48-51-54-57-63(72)80-67-65(74)64(73)66(68(75)76)81-69(67)78-59-60(79-62(71)56-53-50-47-44-41-38-34-27-24-21-18-15-12-9-6-3)58-77-61(70)55-52-49-46-43-40-37-35-32-29-26-23-20-17-14-11-8-5-2/h8,11,16-21,25-29,34-35,37,43,46,60,64-67,69,73-74H,4-7,9-10,12-15,22-24,30-33,36,38-42,44-45,47-59H2,1-3H3,(H,75,76)/b11-8-,19-16-,20-17-,21-18-,28-25-,29-26-,34-27-,37-35-,46-43-. The number of hydrogen-bond donors (Lipinski definition) is 3. The molecular weight excluding hydrogens is 1020 g/mol. The van der Waals surface area contributed by atoms with Gasteiger partial charge in [-0.25, -0.2) is 4.79 Å². The number of aliphatic hydroxyl groups excluding tert-OH is 2. The molecule has 0 aromatic rings. The second kappa shape index (κ2) is 55.9. The lowest BCUT2D eigenvalue weighted by Gasteiger charge is -2.40. The molecule has 0 saturated carbocycles. The molecule has 3 N–H and O–H groups in total. The molecular formula is C69H112O12. The van der Waals surface area contributed by atoms with Crippen LogP contribution in [0.5, 0.6) is 0 Å². The molecule has 0 amide bonds. The predicted molar refractivity (Wildman–Crippen MR) is 330 cm³/mol. The van der Waals surface area contributed by atoms with Crippen LogP contribution in [-0.4, -0.2) is 89.2 Å². The summed E-state index contributed by atoms with van der Waals surface area (Å²) in [5, 5.41) is 31.6. The van der Waals surface area contributed by atoms with E-state index < -0.39 is 67.3 Å². The molecule has 12 heteroatoms. The number of carbonyl (C=O) groups is 4. The van der Waals surface area contributed by atoms with Crippen molar-refractivity contribution >= 4 is 23.9 Å². The van der Waals surface area contributed by atoms with E-state index in [1.807, 2.05) is 6.08 Å². The van der Waals surface area contributed by atoms with Gasteiger partial charge in [-0.1, -0.05) is 220 Å². The molecule has 1 aliphatic heterocycles. The number of aliphatic carboxylic acids is 1. The number of aliphatic hydroxyl groups is 2. The fourth-order valence-electron chi connectivity index (χ4n) is 8.93. The molecule has 1 heterocycles. The summed E-state index contributed by atoms with van der Waals surface area (Å²) in [7, 11) is 0. The highest BCUT2D eigenvalue weighted by Gasteiger charge is 2.50. The molecule has 1 rings (SSSR count). The Balaban J connectivity index is 2.71. The van der Waals surface area contributed by atoms with Gasteiger partial charge in [0.05, 0.1) is 6.61 Å². The Morgan fingerprint density at radius 2 is 0.790 bits per heavy atom. The summed E-state index contributed by atoms with van der Waals surface area (Å²) in [5.74, 6) is -3.23. The van der Waals surface area contributed by atoms with Crippen molar-refractivity contribution in [3.05, 3.63) is 109 Å². The largest absolute Gasteiger partial charge is 0.479 e. The first-order valence-electron chi connectivity index (χ1n) is 31.9. The minimum Gasteiger partial charge on any atom is -0.479 e. The number of carboxylic acid groups (broad SMARTS) is 1. The van der Waals surface area contributed by atoms with Crippen LogP contribution >= 0.6 is 0 Å². The fraction of sp³-hybridized carbons (Fsp3) is 0.681. The van der Waals surface area contributed by atoms with Gasteiger partial charge in [0.25, 0.3) is 0 Å². The summed E-state index contributed by atoms with van der Waals surface area (Å²) in [6, 6.07) is 0. The lowest BCUT2D eigenvalue weighted by Crippen LogP contribution is -2.61. The molecule has 1 aliphatic rings. The highest BCUT2D eigenvalue weighted by atomic mass is 16.7. The lowest BCUT2D eigenvalue weighted by atomic mass is 9.98. The topological polar surface area (TPSA) is 175 Å². The van der Waals surface area contributed by atoms with Crippen LogP contribution in [0.1, 0.15) is 252 Å². The summed E-state index contributed by atoms with van der Waals surface area (Å²) in [5.41, 5.74) is 0. The van der Waals surface area contributed by atoms with E-state index in [1.165, 1.54) is 70.6 Å². The van der Waals surface area contributed by atoms with Gasteiger partial charge in [0.1, 0.15) is 18.8 Å². The van der Waals surface area contributed by atoms with E-state index in [0.29, 0.717) is 25.7 Å². The smallest absolute Gasteiger partial charge is 0.335 e. The van der Waals surface area contributed by atoms with Gasteiger partial charge in [-0.05, 0) is 122 Å². The molecule has 81 heavy (non-hydrogen) atoms. The second-order valence-electron chi connectivity index (χ2n) is 21.3. The molecule has 0 spiro atoms. The average molecular weight is 1130 g/mol. The summed E-state index contributed by atoms with van der Waals surface area (Å²) in [6.45, 7) is 5.78. The predicted octanol–water partition coefficient (Wildman–Crippen LogP) is 17.0. The molecule has 0 aromatic heterocycles. The Morgan fingerprint density at radius 1 is 0.420 bits per heavy atom. The zero-order valence-corrected chi connectivity index (χ0v) is 50.7. The van der Waals surface area contributed by atoms with Gasteiger partial charge in [-0.3, -0.25) is 14.4 Å². The summed E-state index contributed by atoms with van der Waals surface area (Å²) in [6.07, 6.45) is 63.3. The van der Waals surface area contributed by atoms with Crippen molar-refractivity contribution in [2.45, 2.75) is 289 Å². The maximum absolute atomic E-state index is 13.2. The van der Waals surface area contributed by atoms with Crippen molar-refractivity contribution in [1.29, 1.82) is 0 Å². The Hall–Kier alpha value is -4.62. The molecule has 6 atom stereocenters. The molecule has 0 bridgehead atoms. The number of unbranched alkanes of at least 4 members (excludes halogenated alkanes) is 21. The Morgan fingerprint density at radius 3 is 1.22 bits per heavy atom. The van der Waals surface area contributed by atoms with Crippen molar-refractivity contribution in [3.8, 4) is 0 Å². The van der Waals surface area contributed by atoms with E-state index in [2.05, 4.69) is 124 Å². The van der Waals surface area contributed by atoms with Gasteiger partial charge in [0, 0.05) is 19.3 Å². The van der Waals surface area contributed by atoms with Crippen LogP contribution in [0.25, 0.3) is 0 Å². The highest BCUT2D eigenvalue weighted by Crippen LogP contribution is 2.26. The first kappa shape index (κ1) is 74.4. The van der Waals surface area contributed by atoms with Gasteiger partial charge < -0.3 is 39.0 Å². The Bertz CT molecular complexity index is 1820. The van der Waals surface area contributed by atoms with Crippen LogP contribution in [0.2, 0.25) is 0 Å². The summed E-state index contributed by atoms with van der Waals surface area (Å²) < 4.78 is 28.4. The lowest BCUT2D eigenvalue weighted by molar-refractivity contribution is -0.301. The zero-order valence-electron chi connectivity index (χ0n) is 50.7. The summed E-state index contributed by atoms with van der Waals surface area (Å²) in [4.78, 5) is 51.3.